The van der Waals surface area contributed by atoms with Crippen molar-refractivity contribution in [2.45, 2.75) is 0 Å². The van der Waals surface area contributed by atoms with Gasteiger partial charge in [-0.1, -0.05) is 0 Å². The molecule has 0 heterocycles. The molecule has 10 heavy (non-hydrogen) atoms. The summed E-state index contributed by atoms with van der Waals surface area (Å²) in [5, 5.41) is 8.26. The van der Waals surface area contributed by atoms with Crippen LogP contribution >= 0.6 is 31.9 Å². The summed E-state index contributed by atoms with van der Waals surface area (Å²) in [6.45, 7) is 0. The van der Waals surface area contributed by atoms with Crippen LogP contribution < -0.4 is 5.73 Å². The van der Waals surface area contributed by atoms with Crippen LogP contribution in [0, 0.1) is 0 Å². The highest BCUT2D eigenvalue weighted by Crippen LogP contribution is 2.16. The highest BCUT2D eigenvalue weighted by Gasteiger charge is 2.12. The van der Waals surface area contributed by atoms with E-state index < -0.39 is 11.9 Å². The second-order valence-corrected chi connectivity index (χ2v) is 2.88. The number of hydrogen-bond donors (Lipinski definition) is 2. The Kier molecular flexibility index (Phi) is 3.59. The van der Waals surface area contributed by atoms with Gasteiger partial charge in [-0.2, -0.15) is 0 Å². The second kappa shape index (κ2) is 3.72. The van der Waals surface area contributed by atoms with E-state index in [-0.39, 0.29) is 8.96 Å². The minimum Gasteiger partial charge on any atom is -0.477 e. The zero-order chi connectivity index (χ0) is 8.31. The highest BCUT2D eigenvalue weighted by molar-refractivity contribution is 9.14. The number of carboxylic acids is 1. The maximum Gasteiger partial charge on any atom is 0.344 e. The molecule has 0 radical (unpaired) electrons. The van der Waals surface area contributed by atoms with Crippen LogP contribution in [0.1, 0.15) is 0 Å². The molecule has 0 atom stereocenters. The smallest absolute Gasteiger partial charge is 0.344 e. The number of halogens is 2. The zero-order valence-electron chi connectivity index (χ0n) is 4.60. The number of aliphatic carboxylic acids is 1. The molecule has 0 saturated carbocycles. The first-order valence-electron chi connectivity index (χ1n) is 2.05. The molecule has 0 spiro atoms. The number of primary amides is 1. The fourth-order valence-electron chi connectivity index (χ4n) is 0.202. The molecule has 0 aromatic heterocycles. The van der Waals surface area contributed by atoms with Crippen molar-refractivity contribution in [3.8, 4) is 0 Å². The fraction of sp³-hybridized carbons (Fsp3) is 0. The van der Waals surface area contributed by atoms with Crippen molar-refractivity contribution in [1.29, 1.82) is 0 Å². The lowest BCUT2D eigenvalue weighted by atomic mass is 10.5. The summed E-state index contributed by atoms with van der Waals surface area (Å²) in [4.78, 5) is 20.4. The van der Waals surface area contributed by atoms with Gasteiger partial charge < -0.3 is 10.8 Å². The molecule has 3 N–H and O–H groups in total. The Morgan fingerprint density at radius 3 is 1.70 bits per heavy atom. The Morgan fingerprint density at radius 1 is 1.20 bits per heavy atom. The van der Waals surface area contributed by atoms with Crippen molar-refractivity contribution >= 4 is 43.7 Å². The molecule has 0 aliphatic rings. The molecule has 0 aliphatic carbocycles. The number of rotatable bonds is 2. The number of hydrogen-bond acceptors (Lipinski definition) is 2. The first kappa shape index (κ1) is 9.64. The zero-order valence-corrected chi connectivity index (χ0v) is 7.77. The molecular weight excluding hydrogens is 270 g/mol. The van der Waals surface area contributed by atoms with Crippen molar-refractivity contribution in [3.63, 3.8) is 0 Å². The van der Waals surface area contributed by atoms with Crippen LogP contribution in [0.25, 0.3) is 0 Å². The van der Waals surface area contributed by atoms with E-state index >= 15 is 0 Å². The second-order valence-electron chi connectivity index (χ2n) is 1.30. The van der Waals surface area contributed by atoms with E-state index in [9.17, 15) is 9.59 Å². The van der Waals surface area contributed by atoms with Crippen molar-refractivity contribution in [1.82, 2.24) is 0 Å². The molecule has 6 heteroatoms. The minimum absolute atomic E-state index is 0.181. The van der Waals surface area contributed by atoms with Crippen LogP contribution in [0.15, 0.2) is 8.96 Å². The molecule has 0 aromatic rings. The topological polar surface area (TPSA) is 80.4 Å². The van der Waals surface area contributed by atoms with E-state index in [0.717, 1.165) is 0 Å². The van der Waals surface area contributed by atoms with Crippen LogP contribution in [0.5, 0.6) is 0 Å². The lowest BCUT2D eigenvalue weighted by Gasteiger charge is -1.92. The summed E-state index contributed by atoms with van der Waals surface area (Å²) in [6, 6.07) is 0. The summed E-state index contributed by atoms with van der Waals surface area (Å²) in [7, 11) is 0. The largest absolute Gasteiger partial charge is 0.477 e. The van der Waals surface area contributed by atoms with Crippen LogP contribution in [0.4, 0.5) is 0 Å². The van der Waals surface area contributed by atoms with Gasteiger partial charge in [0.2, 0.25) is 0 Å². The van der Waals surface area contributed by atoms with Crippen molar-refractivity contribution in [3.05, 3.63) is 8.96 Å². The average molecular weight is 273 g/mol. The fourth-order valence-corrected chi connectivity index (χ4v) is 0.567. The van der Waals surface area contributed by atoms with Gasteiger partial charge in [0.15, 0.2) is 0 Å². The van der Waals surface area contributed by atoms with Crippen molar-refractivity contribution in [2.24, 2.45) is 5.73 Å². The van der Waals surface area contributed by atoms with E-state index in [1.165, 1.54) is 0 Å². The Hall–Kier alpha value is -0.360. The van der Waals surface area contributed by atoms with Gasteiger partial charge in [0.25, 0.3) is 5.91 Å². The summed E-state index contributed by atoms with van der Waals surface area (Å²) >= 11 is 5.33. The molecular formula is C4H3Br2NO3. The first-order chi connectivity index (χ1) is 4.46. The predicted octanol–water partition coefficient (Wildman–Crippen LogP) is 0.558. The van der Waals surface area contributed by atoms with Gasteiger partial charge >= 0.3 is 5.97 Å². The van der Waals surface area contributed by atoms with Crippen LogP contribution in [0.3, 0.4) is 0 Å². The van der Waals surface area contributed by atoms with Gasteiger partial charge in [-0.05, 0) is 31.9 Å². The number of amides is 1. The number of carboxylic acid groups (broad SMARTS) is 1. The molecule has 0 saturated heterocycles. The van der Waals surface area contributed by atoms with E-state index in [1.807, 2.05) is 0 Å². The maximum atomic E-state index is 10.3. The van der Waals surface area contributed by atoms with Crippen LogP contribution in [-0.2, 0) is 9.59 Å². The summed E-state index contributed by atoms with van der Waals surface area (Å²) < 4.78 is -0.458. The van der Waals surface area contributed by atoms with E-state index in [0.29, 0.717) is 0 Å². The molecule has 0 aliphatic heterocycles. The van der Waals surface area contributed by atoms with Gasteiger partial charge in [0, 0.05) is 0 Å². The third-order valence-corrected chi connectivity index (χ3v) is 2.65. The quantitative estimate of drug-likeness (QED) is 0.721. The summed E-state index contributed by atoms with van der Waals surface area (Å²) in [6.07, 6.45) is 0. The lowest BCUT2D eigenvalue weighted by Crippen LogP contribution is -2.13. The lowest BCUT2D eigenvalue weighted by molar-refractivity contribution is -0.132. The molecule has 4 nitrogen and oxygen atoms in total. The molecule has 0 aromatic carbocycles. The van der Waals surface area contributed by atoms with Crippen molar-refractivity contribution in [2.75, 3.05) is 0 Å². The van der Waals surface area contributed by atoms with E-state index in [1.54, 1.807) is 0 Å². The van der Waals surface area contributed by atoms with Gasteiger partial charge in [0.1, 0.15) is 8.96 Å². The Labute approximate surface area is 73.3 Å². The van der Waals surface area contributed by atoms with Gasteiger partial charge in [-0.25, -0.2) is 4.79 Å². The van der Waals surface area contributed by atoms with Crippen molar-refractivity contribution < 1.29 is 14.7 Å². The third-order valence-electron chi connectivity index (χ3n) is 0.597. The highest BCUT2D eigenvalue weighted by atomic mass is 79.9. The minimum atomic E-state index is -1.24. The van der Waals surface area contributed by atoms with Crippen LogP contribution in [0.2, 0.25) is 0 Å². The van der Waals surface area contributed by atoms with Gasteiger partial charge in [-0.3, -0.25) is 4.79 Å². The Morgan fingerprint density at radius 2 is 1.60 bits per heavy atom. The molecule has 1 amide bonds. The molecule has 56 valence electrons. The van der Waals surface area contributed by atoms with E-state index in [4.69, 9.17) is 10.8 Å². The monoisotopic (exact) mass is 271 g/mol. The van der Waals surface area contributed by atoms with Gasteiger partial charge in [-0.15, -0.1) is 0 Å². The SMILES string of the molecule is NC(=O)/C(Br)=C(/Br)C(=O)O. The summed E-state index contributed by atoms with van der Waals surface area (Å²) in [5.41, 5.74) is 4.74. The Balaban J connectivity index is 4.67. The normalized spacial score (nSPS) is 12.2. The van der Waals surface area contributed by atoms with E-state index in [2.05, 4.69) is 31.9 Å². The summed E-state index contributed by atoms with van der Waals surface area (Å²) in [5.74, 6) is -2.07. The molecule has 0 unspecified atom stereocenters. The number of carbonyl (C=O) groups is 2. The number of nitrogens with two attached hydrogens (primary N) is 1. The predicted molar refractivity (Wildman–Crippen MR) is 41.7 cm³/mol. The Bertz CT molecular complexity index is 189. The molecule has 0 rings (SSSR count). The molecule has 0 fully saturated rings. The van der Waals surface area contributed by atoms with Crippen LogP contribution in [-0.4, -0.2) is 17.0 Å². The average Bonchev–Trinajstić information content (AvgIpc) is 1.84. The molecule has 0 bridgehead atoms. The van der Waals surface area contributed by atoms with Gasteiger partial charge in [0.05, 0.1) is 0 Å². The standard InChI is InChI=1S/C4H3Br2NO3/c5-1(3(7)8)2(6)4(9)10/h(H2,7,8)(H,9,10)/b2-1-. The third kappa shape index (κ3) is 2.49. The first-order valence-corrected chi connectivity index (χ1v) is 3.63. The maximum absolute atomic E-state index is 10.3. The number of carbonyl (C=O) groups excluding carboxylic acids is 1.